The molecule has 3 amide bonds. The molecule has 3 rings (SSSR count). The van der Waals surface area contributed by atoms with E-state index in [1.807, 2.05) is 0 Å². The molecule has 0 spiro atoms. The van der Waals surface area contributed by atoms with E-state index in [2.05, 4.69) is 5.32 Å². The molecule has 2 aromatic rings. The van der Waals surface area contributed by atoms with Gasteiger partial charge in [0.2, 0.25) is 11.8 Å². The smallest absolute Gasteiger partial charge is 0.289 e. The van der Waals surface area contributed by atoms with E-state index in [1.165, 1.54) is 18.6 Å². The summed E-state index contributed by atoms with van der Waals surface area (Å²) in [5, 5.41) is 2.67. The molecule has 2 aromatic heterocycles. The Bertz CT molecular complexity index is 787. The largest absolute Gasteiger partial charge is 0.465 e. The average molecular weight is 371 g/mol. The van der Waals surface area contributed by atoms with E-state index >= 15 is 0 Å². The Morgan fingerprint density at radius 2 is 1.70 bits per heavy atom. The minimum absolute atomic E-state index is 0.0459. The molecule has 1 saturated heterocycles. The molecule has 0 aliphatic carbocycles. The molecule has 1 fully saturated rings. The van der Waals surface area contributed by atoms with Crippen LogP contribution in [0.1, 0.15) is 22.7 Å². The van der Waals surface area contributed by atoms with Crippen molar-refractivity contribution in [3.63, 3.8) is 0 Å². The van der Waals surface area contributed by atoms with Crippen LogP contribution >= 0.6 is 0 Å². The van der Waals surface area contributed by atoms with Gasteiger partial charge in [-0.25, -0.2) is 0 Å². The molecule has 27 heavy (non-hydrogen) atoms. The molecule has 0 unspecified atom stereocenters. The van der Waals surface area contributed by atoms with Gasteiger partial charge in [-0.05, 0) is 30.3 Å². The highest BCUT2D eigenvalue weighted by Gasteiger charge is 2.25. The van der Waals surface area contributed by atoms with Crippen LogP contribution in [0.5, 0.6) is 0 Å². The topological polar surface area (TPSA) is 96.0 Å². The highest BCUT2D eigenvalue weighted by atomic mass is 16.3. The second-order valence-electron chi connectivity index (χ2n) is 6.04. The van der Waals surface area contributed by atoms with Crippen LogP contribution in [-0.4, -0.2) is 60.2 Å². The molecule has 0 radical (unpaired) electrons. The number of carbonyl (C=O) groups excluding carboxylic acids is 3. The molecule has 0 atom stereocenters. The third kappa shape index (κ3) is 5.10. The van der Waals surface area contributed by atoms with Gasteiger partial charge in [-0.2, -0.15) is 0 Å². The van der Waals surface area contributed by atoms with E-state index < -0.39 is 0 Å². The first-order chi connectivity index (χ1) is 13.1. The Kier molecular flexibility index (Phi) is 6.09. The van der Waals surface area contributed by atoms with Gasteiger partial charge in [-0.1, -0.05) is 0 Å². The highest BCUT2D eigenvalue weighted by Crippen LogP contribution is 2.10. The maximum absolute atomic E-state index is 12.2. The molecule has 8 heteroatoms. The molecule has 1 N–H and O–H groups in total. The van der Waals surface area contributed by atoms with Crippen LogP contribution in [0.2, 0.25) is 0 Å². The van der Waals surface area contributed by atoms with Gasteiger partial charge in [0.25, 0.3) is 5.91 Å². The number of piperazine rings is 1. The lowest BCUT2D eigenvalue weighted by atomic mass is 10.2. The Hall–Kier alpha value is -3.29. The molecule has 8 nitrogen and oxygen atoms in total. The van der Waals surface area contributed by atoms with Crippen molar-refractivity contribution >= 4 is 23.8 Å². The van der Waals surface area contributed by atoms with Crippen LogP contribution < -0.4 is 5.32 Å². The predicted molar refractivity (Wildman–Crippen MR) is 96.6 cm³/mol. The van der Waals surface area contributed by atoms with Gasteiger partial charge in [0.15, 0.2) is 5.76 Å². The van der Waals surface area contributed by atoms with E-state index in [0.29, 0.717) is 37.7 Å². The van der Waals surface area contributed by atoms with Crippen LogP contribution in [0.3, 0.4) is 0 Å². The molecule has 0 aromatic carbocycles. The molecule has 1 aliphatic heterocycles. The van der Waals surface area contributed by atoms with Crippen molar-refractivity contribution in [1.29, 1.82) is 0 Å². The van der Waals surface area contributed by atoms with Crippen molar-refractivity contribution in [2.75, 3.05) is 32.7 Å². The Morgan fingerprint density at radius 1 is 1.00 bits per heavy atom. The van der Waals surface area contributed by atoms with E-state index in [-0.39, 0.29) is 30.7 Å². The highest BCUT2D eigenvalue weighted by molar-refractivity contribution is 5.92. The van der Waals surface area contributed by atoms with Crippen molar-refractivity contribution < 1.29 is 23.2 Å². The monoisotopic (exact) mass is 371 g/mol. The zero-order valence-electron chi connectivity index (χ0n) is 14.8. The number of rotatable bonds is 6. The number of nitrogens with zero attached hydrogens (tertiary/aromatic N) is 2. The summed E-state index contributed by atoms with van der Waals surface area (Å²) in [5.74, 6) is 0.398. The molecule has 142 valence electrons. The van der Waals surface area contributed by atoms with Crippen molar-refractivity contribution in [3.05, 3.63) is 54.4 Å². The first kappa shape index (κ1) is 18.5. The summed E-state index contributed by atoms with van der Waals surface area (Å²) in [5.41, 5.74) is 0. The van der Waals surface area contributed by atoms with Gasteiger partial charge in [-0.15, -0.1) is 0 Å². The van der Waals surface area contributed by atoms with Crippen LogP contribution in [0.4, 0.5) is 0 Å². The molecular formula is C19H21N3O5. The first-order valence-electron chi connectivity index (χ1n) is 8.73. The number of amides is 3. The number of hydrogen-bond donors (Lipinski definition) is 1. The van der Waals surface area contributed by atoms with Gasteiger partial charge >= 0.3 is 0 Å². The summed E-state index contributed by atoms with van der Waals surface area (Å²) >= 11 is 0. The van der Waals surface area contributed by atoms with Gasteiger partial charge in [0, 0.05) is 45.2 Å². The quantitative estimate of drug-likeness (QED) is 0.774. The summed E-state index contributed by atoms with van der Waals surface area (Å²) in [7, 11) is 0. The van der Waals surface area contributed by atoms with Gasteiger partial charge in [0.1, 0.15) is 5.76 Å². The number of nitrogens with one attached hydrogen (secondary N) is 1. The molecular weight excluding hydrogens is 350 g/mol. The fraction of sp³-hybridized carbons (Fsp3) is 0.316. The maximum atomic E-state index is 12.2. The van der Waals surface area contributed by atoms with E-state index in [4.69, 9.17) is 8.83 Å². The van der Waals surface area contributed by atoms with E-state index in [0.717, 1.165) is 0 Å². The zero-order valence-corrected chi connectivity index (χ0v) is 14.8. The Morgan fingerprint density at radius 3 is 2.37 bits per heavy atom. The maximum Gasteiger partial charge on any atom is 0.289 e. The van der Waals surface area contributed by atoms with Crippen molar-refractivity contribution in [1.82, 2.24) is 15.1 Å². The standard InChI is InChI=1S/C19H21N3O5/c23-17(6-5-15-3-1-13-26-15)20-8-7-18(24)21-9-11-22(12-10-21)19(25)16-4-2-14-27-16/h1-6,13-14H,7-12H2,(H,20,23)/b6-5+. The molecule has 1 aliphatic rings. The molecule has 0 bridgehead atoms. The second-order valence-corrected chi connectivity index (χ2v) is 6.04. The van der Waals surface area contributed by atoms with Crippen LogP contribution in [0.15, 0.2) is 51.7 Å². The second kappa shape index (κ2) is 8.88. The lowest BCUT2D eigenvalue weighted by molar-refractivity contribution is -0.132. The van der Waals surface area contributed by atoms with Gasteiger partial charge in [-0.3, -0.25) is 14.4 Å². The Labute approximate surface area is 156 Å². The summed E-state index contributed by atoms with van der Waals surface area (Å²) < 4.78 is 10.2. The third-order valence-corrected chi connectivity index (χ3v) is 4.23. The third-order valence-electron chi connectivity index (χ3n) is 4.23. The predicted octanol–water partition coefficient (Wildman–Crippen LogP) is 1.38. The lowest BCUT2D eigenvalue weighted by Crippen LogP contribution is -2.50. The lowest BCUT2D eigenvalue weighted by Gasteiger charge is -2.34. The van der Waals surface area contributed by atoms with Crippen LogP contribution in [-0.2, 0) is 9.59 Å². The van der Waals surface area contributed by atoms with E-state index in [9.17, 15) is 14.4 Å². The summed E-state index contributed by atoms with van der Waals surface area (Å²) in [6, 6.07) is 6.77. The van der Waals surface area contributed by atoms with Gasteiger partial charge < -0.3 is 24.0 Å². The average Bonchev–Trinajstić information content (AvgIpc) is 3.39. The summed E-state index contributed by atoms with van der Waals surface area (Å²) in [4.78, 5) is 39.5. The number of hydrogen-bond acceptors (Lipinski definition) is 5. The van der Waals surface area contributed by atoms with Crippen molar-refractivity contribution in [2.45, 2.75) is 6.42 Å². The number of furan rings is 2. The first-order valence-corrected chi connectivity index (χ1v) is 8.73. The fourth-order valence-corrected chi connectivity index (χ4v) is 2.77. The zero-order chi connectivity index (χ0) is 19.1. The summed E-state index contributed by atoms with van der Waals surface area (Å²) in [6.07, 6.45) is 6.13. The van der Waals surface area contributed by atoms with Crippen LogP contribution in [0, 0.1) is 0 Å². The minimum atomic E-state index is -0.284. The van der Waals surface area contributed by atoms with Gasteiger partial charge in [0.05, 0.1) is 12.5 Å². The number of carbonyl (C=O) groups is 3. The molecule has 3 heterocycles. The fourth-order valence-electron chi connectivity index (χ4n) is 2.77. The normalized spacial score (nSPS) is 14.5. The minimum Gasteiger partial charge on any atom is -0.465 e. The Balaban J connectivity index is 1.36. The van der Waals surface area contributed by atoms with Crippen LogP contribution in [0.25, 0.3) is 6.08 Å². The molecule has 0 saturated carbocycles. The van der Waals surface area contributed by atoms with Crippen molar-refractivity contribution in [2.24, 2.45) is 0 Å². The van der Waals surface area contributed by atoms with E-state index in [1.54, 1.807) is 40.1 Å². The summed E-state index contributed by atoms with van der Waals surface area (Å²) in [6.45, 7) is 2.12. The van der Waals surface area contributed by atoms with Crippen molar-refractivity contribution in [3.8, 4) is 0 Å². The SMILES string of the molecule is O=C(/C=C/c1ccco1)NCCC(=O)N1CCN(C(=O)c2ccco2)CC1.